The molecule has 1 aromatic carbocycles. The maximum Gasteiger partial charge on any atom is 0.250 e. The van der Waals surface area contributed by atoms with Crippen LogP contribution in [0.4, 0.5) is 0 Å². The van der Waals surface area contributed by atoms with Crippen LogP contribution in [0.5, 0.6) is 0 Å². The second kappa shape index (κ2) is 6.01. The van der Waals surface area contributed by atoms with Gasteiger partial charge in [-0.05, 0) is 23.8 Å². The van der Waals surface area contributed by atoms with Gasteiger partial charge in [-0.2, -0.15) is 0 Å². The van der Waals surface area contributed by atoms with Crippen molar-refractivity contribution in [1.82, 2.24) is 8.87 Å². The Kier molecular flexibility index (Phi) is 4.51. The van der Waals surface area contributed by atoms with Crippen molar-refractivity contribution in [3.8, 4) is 0 Å². The molecule has 21 heavy (non-hydrogen) atoms. The van der Waals surface area contributed by atoms with Gasteiger partial charge in [-0.3, -0.25) is 4.79 Å². The molecule has 0 aliphatic rings. The minimum absolute atomic E-state index is 0.0779. The summed E-state index contributed by atoms with van der Waals surface area (Å²) in [7, 11) is -0.677. The molecule has 1 aromatic heterocycles. The van der Waals surface area contributed by atoms with E-state index in [0.29, 0.717) is 5.02 Å². The molecular formula is C14H15ClN2O3S. The molecule has 7 heteroatoms. The van der Waals surface area contributed by atoms with Crippen LogP contribution in [-0.4, -0.2) is 31.4 Å². The van der Waals surface area contributed by atoms with Gasteiger partial charge in [-0.15, -0.1) is 0 Å². The second-order valence-corrected chi connectivity index (χ2v) is 7.34. The normalized spacial score (nSPS) is 11.8. The average molecular weight is 327 g/mol. The first-order valence-electron chi connectivity index (χ1n) is 6.18. The third-order valence-electron chi connectivity index (χ3n) is 2.98. The molecule has 5 nitrogen and oxygen atoms in total. The summed E-state index contributed by atoms with van der Waals surface area (Å²) < 4.78 is 26.6. The van der Waals surface area contributed by atoms with Crippen LogP contribution >= 0.6 is 11.6 Å². The lowest BCUT2D eigenvalue weighted by atomic mass is 10.2. The van der Waals surface area contributed by atoms with Crippen molar-refractivity contribution in [3.63, 3.8) is 0 Å². The molecule has 0 saturated heterocycles. The molecule has 0 unspecified atom stereocenters. The van der Waals surface area contributed by atoms with E-state index in [1.54, 1.807) is 18.2 Å². The Hall–Kier alpha value is -1.63. The predicted molar refractivity (Wildman–Crippen MR) is 82.1 cm³/mol. The molecule has 0 atom stereocenters. The third kappa shape index (κ3) is 3.53. The van der Waals surface area contributed by atoms with E-state index < -0.39 is 10.0 Å². The van der Waals surface area contributed by atoms with Crippen LogP contribution in [0.1, 0.15) is 5.56 Å². The van der Waals surface area contributed by atoms with Crippen molar-refractivity contribution in [2.24, 2.45) is 0 Å². The molecule has 0 amide bonds. The minimum atomic E-state index is -3.57. The standard InChI is InChI=1S/C14H15ClN2O3S/c1-16(2)21(19,20)13-6-7-14(18)17(10-13)9-11-4-3-5-12(15)8-11/h3-8,10H,9H2,1-2H3. The van der Waals surface area contributed by atoms with Gasteiger partial charge < -0.3 is 4.57 Å². The zero-order valence-electron chi connectivity index (χ0n) is 11.7. The van der Waals surface area contributed by atoms with E-state index >= 15 is 0 Å². The first-order chi connectivity index (χ1) is 9.80. The summed E-state index contributed by atoms with van der Waals surface area (Å²) in [4.78, 5) is 12.0. The molecular weight excluding hydrogens is 312 g/mol. The van der Waals surface area contributed by atoms with Gasteiger partial charge in [0.1, 0.15) is 0 Å². The summed E-state index contributed by atoms with van der Waals surface area (Å²) in [5.41, 5.74) is 0.552. The zero-order valence-corrected chi connectivity index (χ0v) is 13.2. The Morgan fingerprint density at radius 2 is 1.90 bits per heavy atom. The number of hydrogen-bond acceptors (Lipinski definition) is 3. The SMILES string of the molecule is CN(C)S(=O)(=O)c1ccc(=O)n(Cc2cccc(Cl)c2)c1. The van der Waals surface area contributed by atoms with E-state index in [1.807, 2.05) is 6.07 Å². The number of pyridine rings is 1. The van der Waals surface area contributed by atoms with Crippen molar-refractivity contribution in [3.05, 3.63) is 63.5 Å². The summed E-state index contributed by atoms with van der Waals surface area (Å²) in [5, 5.41) is 0.567. The first-order valence-corrected chi connectivity index (χ1v) is 8.00. The lowest BCUT2D eigenvalue weighted by Gasteiger charge is -2.13. The number of benzene rings is 1. The molecule has 0 N–H and O–H groups in total. The average Bonchev–Trinajstić information content (AvgIpc) is 2.41. The number of rotatable bonds is 4. The summed E-state index contributed by atoms with van der Waals surface area (Å²) in [6.45, 7) is 0.260. The van der Waals surface area contributed by atoms with Crippen LogP contribution < -0.4 is 5.56 Å². The third-order valence-corrected chi connectivity index (χ3v) is 5.01. The van der Waals surface area contributed by atoms with Crippen molar-refractivity contribution in [1.29, 1.82) is 0 Å². The van der Waals surface area contributed by atoms with Gasteiger partial charge in [0, 0.05) is 31.4 Å². The van der Waals surface area contributed by atoms with Crippen molar-refractivity contribution >= 4 is 21.6 Å². The van der Waals surface area contributed by atoms with Gasteiger partial charge in [-0.25, -0.2) is 12.7 Å². The van der Waals surface area contributed by atoms with E-state index in [2.05, 4.69) is 0 Å². The van der Waals surface area contributed by atoms with Crippen LogP contribution in [0.15, 0.2) is 52.3 Å². The number of halogens is 1. The Labute approximate surface area is 128 Å². The number of aromatic nitrogens is 1. The van der Waals surface area contributed by atoms with Gasteiger partial charge >= 0.3 is 0 Å². The molecule has 0 aliphatic carbocycles. The topological polar surface area (TPSA) is 59.4 Å². The van der Waals surface area contributed by atoms with Crippen LogP contribution in [0.25, 0.3) is 0 Å². The Morgan fingerprint density at radius 3 is 2.52 bits per heavy atom. The Bertz CT molecular complexity index is 813. The van der Waals surface area contributed by atoms with E-state index in [0.717, 1.165) is 9.87 Å². The van der Waals surface area contributed by atoms with Crippen molar-refractivity contribution in [2.45, 2.75) is 11.4 Å². The Morgan fingerprint density at radius 1 is 1.19 bits per heavy atom. The largest absolute Gasteiger partial charge is 0.310 e. The molecule has 0 bridgehead atoms. The fourth-order valence-corrected chi connectivity index (χ4v) is 2.96. The molecule has 2 aromatic rings. The van der Waals surface area contributed by atoms with E-state index in [4.69, 9.17) is 11.6 Å². The number of sulfonamides is 1. The molecule has 0 saturated carbocycles. The fraction of sp³-hybridized carbons (Fsp3) is 0.214. The van der Waals surface area contributed by atoms with Crippen LogP contribution in [0, 0.1) is 0 Å². The van der Waals surface area contributed by atoms with Gasteiger partial charge in [0.2, 0.25) is 10.0 Å². The quantitative estimate of drug-likeness (QED) is 0.860. The second-order valence-electron chi connectivity index (χ2n) is 4.75. The van der Waals surface area contributed by atoms with E-state index in [9.17, 15) is 13.2 Å². The molecule has 2 rings (SSSR count). The predicted octanol–water partition coefficient (Wildman–Crippen LogP) is 1.80. The van der Waals surface area contributed by atoms with Gasteiger partial charge in [0.05, 0.1) is 11.4 Å². The van der Waals surface area contributed by atoms with Gasteiger partial charge in [0.15, 0.2) is 0 Å². The lowest BCUT2D eigenvalue weighted by molar-refractivity contribution is 0.519. The fourth-order valence-electron chi connectivity index (χ4n) is 1.83. The summed E-state index contributed by atoms with van der Waals surface area (Å²) in [6, 6.07) is 9.64. The summed E-state index contributed by atoms with van der Waals surface area (Å²) in [5.74, 6) is 0. The molecule has 0 aliphatic heterocycles. The lowest BCUT2D eigenvalue weighted by Crippen LogP contribution is -2.26. The smallest absolute Gasteiger partial charge is 0.250 e. The molecule has 0 fully saturated rings. The molecule has 0 radical (unpaired) electrons. The highest BCUT2D eigenvalue weighted by Crippen LogP contribution is 2.14. The maximum absolute atomic E-state index is 12.1. The van der Waals surface area contributed by atoms with Crippen molar-refractivity contribution in [2.75, 3.05) is 14.1 Å². The van der Waals surface area contributed by atoms with Crippen LogP contribution in [0.2, 0.25) is 5.02 Å². The van der Waals surface area contributed by atoms with Gasteiger partial charge in [-0.1, -0.05) is 23.7 Å². The summed E-state index contributed by atoms with van der Waals surface area (Å²) >= 11 is 5.91. The van der Waals surface area contributed by atoms with E-state index in [-0.39, 0.29) is 17.0 Å². The highest BCUT2D eigenvalue weighted by molar-refractivity contribution is 7.89. The zero-order chi connectivity index (χ0) is 15.6. The summed E-state index contributed by atoms with van der Waals surface area (Å²) in [6.07, 6.45) is 1.35. The van der Waals surface area contributed by atoms with Crippen molar-refractivity contribution < 1.29 is 8.42 Å². The number of hydrogen-bond donors (Lipinski definition) is 0. The molecule has 0 spiro atoms. The molecule has 112 valence electrons. The highest BCUT2D eigenvalue weighted by atomic mass is 35.5. The van der Waals surface area contributed by atoms with Crippen LogP contribution in [0.3, 0.4) is 0 Å². The monoisotopic (exact) mass is 326 g/mol. The minimum Gasteiger partial charge on any atom is -0.310 e. The Balaban J connectivity index is 2.44. The molecule has 1 heterocycles. The van der Waals surface area contributed by atoms with Crippen LogP contribution in [-0.2, 0) is 16.6 Å². The maximum atomic E-state index is 12.1. The highest BCUT2D eigenvalue weighted by Gasteiger charge is 2.18. The number of nitrogens with zero attached hydrogens (tertiary/aromatic N) is 2. The van der Waals surface area contributed by atoms with Gasteiger partial charge in [0.25, 0.3) is 5.56 Å². The first kappa shape index (κ1) is 15.8. The van der Waals surface area contributed by atoms with E-state index in [1.165, 1.54) is 37.0 Å².